The van der Waals surface area contributed by atoms with Gasteiger partial charge in [0.2, 0.25) is 10.0 Å². The van der Waals surface area contributed by atoms with Gasteiger partial charge in [-0.2, -0.15) is 0 Å². The van der Waals surface area contributed by atoms with E-state index in [0.29, 0.717) is 29.4 Å². The second-order valence-electron chi connectivity index (χ2n) is 6.87. The van der Waals surface area contributed by atoms with Crippen molar-refractivity contribution in [2.24, 2.45) is 0 Å². The monoisotopic (exact) mass is 470 g/mol. The van der Waals surface area contributed by atoms with Crippen LogP contribution in [0.15, 0.2) is 77.7 Å². The summed E-state index contributed by atoms with van der Waals surface area (Å²) in [5.74, 6) is 1.41. The quantitative estimate of drug-likeness (QED) is 0.410. The number of amides is 1. The number of anilines is 1. The number of carbonyl (C=O) groups excluding carboxylic acids is 1. The molecule has 0 saturated heterocycles. The van der Waals surface area contributed by atoms with Crippen molar-refractivity contribution < 1.29 is 27.4 Å². The van der Waals surface area contributed by atoms with Gasteiger partial charge < -0.3 is 19.5 Å². The highest BCUT2D eigenvalue weighted by molar-refractivity contribution is 7.89. The topological polar surface area (TPSA) is 103 Å². The van der Waals surface area contributed by atoms with Gasteiger partial charge in [-0.3, -0.25) is 4.79 Å². The summed E-state index contributed by atoms with van der Waals surface area (Å²) in [5, 5.41) is 2.81. The van der Waals surface area contributed by atoms with Gasteiger partial charge in [-0.25, -0.2) is 13.1 Å². The summed E-state index contributed by atoms with van der Waals surface area (Å²) in [6, 6.07) is 19.9. The van der Waals surface area contributed by atoms with E-state index in [1.165, 1.54) is 31.4 Å². The number of methoxy groups -OCH3 is 1. The van der Waals surface area contributed by atoms with Crippen LogP contribution in [0.1, 0.15) is 17.3 Å². The summed E-state index contributed by atoms with van der Waals surface area (Å²) in [6.45, 7) is 2.91. The lowest BCUT2D eigenvalue weighted by Crippen LogP contribution is -2.27. The lowest BCUT2D eigenvalue weighted by Gasteiger charge is -2.13. The number of nitrogens with one attached hydrogen (secondary N) is 2. The van der Waals surface area contributed by atoms with Crippen LogP contribution >= 0.6 is 0 Å². The van der Waals surface area contributed by atoms with E-state index in [1.54, 1.807) is 48.5 Å². The first-order valence-electron chi connectivity index (χ1n) is 10.3. The lowest BCUT2D eigenvalue weighted by atomic mass is 10.2. The Labute approximate surface area is 193 Å². The first-order valence-corrected chi connectivity index (χ1v) is 11.8. The Morgan fingerprint density at radius 2 is 1.58 bits per heavy atom. The molecule has 0 spiro atoms. The Morgan fingerprint density at radius 1 is 0.909 bits per heavy atom. The highest BCUT2D eigenvalue weighted by atomic mass is 32.2. The van der Waals surface area contributed by atoms with Gasteiger partial charge in [0, 0.05) is 19.2 Å². The fraction of sp³-hybridized carbons (Fsp3) is 0.208. The molecule has 8 nitrogen and oxygen atoms in total. The molecule has 1 amide bonds. The van der Waals surface area contributed by atoms with Crippen molar-refractivity contribution in [2.75, 3.05) is 32.2 Å². The third-order valence-corrected chi connectivity index (χ3v) is 6.00. The highest BCUT2D eigenvalue weighted by Crippen LogP contribution is 2.30. The van der Waals surface area contributed by atoms with Crippen LogP contribution in [0.4, 0.5) is 5.69 Å². The average Bonchev–Trinajstić information content (AvgIpc) is 2.82. The molecule has 9 heteroatoms. The van der Waals surface area contributed by atoms with E-state index in [0.717, 1.165) is 5.75 Å². The summed E-state index contributed by atoms with van der Waals surface area (Å²) >= 11 is 0. The molecule has 0 aliphatic rings. The SMILES string of the molecule is CCOc1ccc(Oc2ccccc2NC(=O)c2ccc(S(=O)(=O)NCCOC)cc2)cc1. The maximum Gasteiger partial charge on any atom is 0.255 e. The third kappa shape index (κ3) is 6.79. The molecule has 2 N–H and O–H groups in total. The van der Waals surface area contributed by atoms with Crippen LogP contribution in [0.5, 0.6) is 17.2 Å². The van der Waals surface area contributed by atoms with Crippen molar-refractivity contribution in [3.05, 3.63) is 78.4 Å². The molecule has 0 unspecified atom stereocenters. The minimum absolute atomic E-state index is 0.0642. The molecule has 0 bridgehead atoms. The van der Waals surface area contributed by atoms with Crippen LogP contribution in [0.25, 0.3) is 0 Å². The molecule has 0 aliphatic heterocycles. The molecular weight excluding hydrogens is 444 g/mol. The maximum atomic E-state index is 12.7. The summed E-state index contributed by atoms with van der Waals surface area (Å²) < 4.78 is 43.2. The highest BCUT2D eigenvalue weighted by Gasteiger charge is 2.15. The number of para-hydroxylation sites is 2. The van der Waals surface area contributed by atoms with Crippen molar-refractivity contribution >= 4 is 21.6 Å². The Morgan fingerprint density at radius 3 is 2.24 bits per heavy atom. The summed E-state index contributed by atoms with van der Waals surface area (Å²) in [4.78, 5) is 12.8. The molecule has 0 saturated carbocycles. The predicted octanol–water partition coefficient (Wildman–Crippen LogP) is 4.05. The summed E-state index contributed by atoms with van der Waals surface area (Å²) in [7, 11) is -2.18. The first-order chi connectivity index (χ1) is 15.9. The molecule has 33 heavy (non-hydrogen) atoms. The van der Waals surface area contributed by atoms with Crippen LogP contribution in [-0.2, 0) is 14.8 Å². The van der Waals surface area contributed by atoms with Crippen molar-refractivity contribution in [1.82, 2.24) is 4.72 Å². The normalized spacial score (nSPS) is 11.1. The maximum absolute atomic E-state index is 12.7. The number of sulfonamides is 1. The second-order valence-corrected chi connectivity index (χ2v) is 8.64. The molecule has 3 aromatic rings. The lowest BCUT2D eigenvalue weighted by molar-refractivity contribution is 0.102. The van der Waals surface area contributed by atoms with Crippen molar-refractivity contribution in [3.8, 4) is 17.2 Å². The Hall–Kier alpha value is -3.40. The minimum atomic E-state index is -3.67. The first kappa shape index (κ1) is 24.2. The van der Waals surface area contributed by atoms with Gasteiger partial charge in [-0.1, -0.05) is 12.1 Å². The van der Waals surface area contributed by atoms with E-state index in [1.807, 2.05) is 6.92 Å². The Balaban J connectivity index is 1.69. The standard InChI is InChI=1S/C24H26N2O6S/c1-3-31-19-10-12-20(13-11-19)32-23-7-5-4-6-22(23)26-24(27)18-8-14-21(15-9-18)33(28,29)25-16-17-30-2/h4-15,25H,3,16-17H2,1-2H3,(H,26,27). The van der Waals surface area contributed by atoms with Gasteiger partial charge >= 0.3 is 0 Å². The molecule has 0 atom stereocenters. The van der Waals surface area contributed by atoms with Crippen LogP contribution in [0, 0.1) is 0 Å². The van der Waals surface area contributed by atoms with Crippen molar-refractivity contribution in [3.63, 3.8) is 0 Å². The van der Waals surface area contributed by atoms with Gasteiger partial charge in [0.25, 0.3) is 5.91 Å². The van der Waals surface area contributed by atoms with Gasteiger partial charge in [-0.05, 0) is 67.6 Å². The van der Waals surface area contributed by atoms with Crippen LogP contribution in [0.3, 0.4) is 0 Å². The molecule has 0 heterocycles. The molecule has 0 aromatic heterocycles. The minimum Gasteiger partial charge on any atom is -0.494 e. The van der Waals surface area contributed by atoms with Crippen molar-refractivity contribution in [2.45, 2.75) is 11.8 Å². The van der Waals surface area contributed by atoms with Gasteiger partial charge in [0.15, 0.2) is 5.75 Å². The van der Waals surface area contributed by atoms with E-state index in [4.69, 9.17) is 14.2 Å². The third-order valence-electron chi connectivity index (χ3n) is 4.52. The number of hydrogen-bond donors (Lipinski definition) is 2. The largest absolute Gasteiger partial charge is 0.494 e. The molecule has 174 valence electrons. The molecule has 0 radical (unpaired) electrons. The van der Waals surface area contributed by atoms with Gasteiger partial charge in [0.1, 0.15) is 11.5 Å². The predicted molar refractivity (Wildman–Crippen MR) is 126 cm³/mol. The number of benzene rings is 3. The van der Waals surface area contributed by atoms with Gasteiger partial charge in [-0.15, -0.1) is 0 Å². The van der Waals surface area contributed by atoms with Crippen molar-refractivity contribution in [1.29, 1.82) is 0 Å². The summed E-state index contributed by atoms with van der Waals surface area (Å²) in [6.07, 6.45) is 0. The fourth-order valence-electron chi connectivity index (χ4n) is 2.90. The zero-order valence-corrected chi connectivity index (χ0v) is 19.2. The van der Waals surface area contributed by atoms with E-state index in [2.05, 4.69) is 10.0 Å². The van der Waals surface area contributed by atoms with Crippen LogP contribution in [0.2, 0.25) is 0 Å². The smallest absolute Gasteiger partial charge is 0.255 e. The Bertz CT molecular complexity index is 1160. The van der Waals surface area contributed by atoms with Crippen LogP contribution in [-0.4, -0.2) is 41.2 Å². The van der Waals surface area contributed by atoms with E-state index >= 15 is 0 Å². The zero-order chi connectivity index (χ0) is 23.7. The molecular formula is C24H26N2O6S. The number of carbonyl (C=O) groups is 1. The van der Waals surface area contributed by atoms with E-state index < -0.39 is 15.9 Å². The number of hydrogen-bond acceptors (Lipinski definition) is 6. The average molecular weight is 471 g/mol. The molecule has 3 rings (SSSR count). The fourth-order valence-corrected chi connectivity index (χ4v) is 3.91. The molecule has 0 aliphatic carbocycles. The second kappa shape index (κ2) is 11.5. The van der Waals surface area contributed by atoms with E-state index in [9.17, 15) is 13.2 Å². The number of rotatable bonds is 11. The summed E-state index contributed by atoms with van der Waals surface area (Å²) in [5.41, 5.74) is 0.788. The number of ether oxygens (including phenoxy) is 3. The van der Waals surface area contributed by atoms with E-state index in [-0.39, 0.29) is 18.0 Å². The Kier molecular flexibility index (Phi) is 8.42. The zero-order valence-electron chi connectivity index (χ0n) is 18.4. The molecule has 3 aromatic carbocycles. The molecule has 0 fully saturated rings. The van der Waals surface area contributed by atoms with Gasteiger partial charge in [0.05, 0.1) is 23.8 Å². The van der Waals surface area contributed by atoms with Crippen LogP contribution < -0.4 is 19.5 Å².